The third kappa shape index (κ3) is 3.74. The minimum Gasteiger partial charge on any atom is -0.398 e. The molecule has 22 heavy (non-hydrogen) atoms. The molecule has 1 aromatic carbocycles. The summed E-state index contributed by atoms with van der Waals surface area (Å²) in [7, 11) is -8.13. The molecule has 9 nitrogen and oxygen atoms in total. The van der Waals surface area contributed by atoms with Gasteiger partial charge in [0.25, 0.3) is 10.1 Å². The maximum atomic E-state index is 11.9. The summed E-state index contributed by atoms with van der Waals surface area (Å²) in [4.78, 5) is 12.8. The van der Waals surface area contributed by atoms with Crippen molar-refractivity contribution in [1.82, 2.24) is 0 Å². The second-order valence-corrected chi connectivity index (χ2v) is 8.15. The summed E-state index contributed by atoms with van der Waals surface area (Å²) < 4.78 is 53.3. The lowest BCUT2D eigenvalue weighted by Gasteiger charge is -2.17. The van der Waals surface area contributed by atoms with Crippen molar-refractivity contribution < 1.29 is 26.2 Å². The van der Waals surface area contributed by atoms with E-state index in [4.69, 9.17) is 15.4 Å². The third-order valence-corrected chi connectivity index (χ3v) is 5.12. The van der Waals surface area contributed by atoms with E-state index < -0.39 is 31.0 Å². The molecule has 1 heterocycles. The van der Waals surface area contributed by atoms with Gasteiger partial charge in [0.15, 0.2) is 0 Å². The molecule has 1 saturated heterocycles. The fraction of sp³-hybridized carbons (Fsp3) is 0.364. The van der Waals surface area contributed by atoms with Crippen LogP contribution in [0, 0.1) is 5.92 Å². The number of amides is 1. The Labute approximate surface area is 127 Å². The molecule has 0 radical (unpaired) electrons. The van der Waals surface area contributed by atoms with Gasteiger partial charge in [-0.2, -0.15) is 8.42 Å². The minimum absolute atomic E-state index is 0.0242. The van der Waals surface area contributed by atoms with E-state index in [9.17, 15) is 21.6 Å². The molecule has 5 N–H and O–H groups in total. The zero-order valence-corrected chi connectivity index (χ0v) is 13.0. The average molecular weight is 349 g/mol. The van der Waals surface area contributed by atoms with E-state index in [1.807, 2.05) is 0 Å². The van der Waals surface area contributed by atoms with Crippen molar-refractivity contribution in [3.05, 3.63) is 18.2 Å². The van der Waals surface area contributed by atoms with E-state index in [0.717, 1.165) is 6.07 Å². The van der Waals surface area contributed by atoms with Gasteiger partial charge in [0.2, 0.25) is 15.9 Å². The predicted octanol–water partition coefficient (Wildman–Crippen LogP) is -0.843. The van der Waals surface area contributed by atoms with Crippen LogP contribution in [0.2, 0.25) is 0 Å². The highest BCUT2D eigenvalue weighted by atomic mass is 32.2. The van der Waals surface area contributed by atoms with E-state index in [2.05, 4.69) is 0 Å². The van der Waals surface area contributed by atoms with Gasteiger partial charge in [0.1, 0.15) is 4.90 Å². The molecule has 0 aromatic heterocycles. The lowest BCUT2D eigenvalue weighted by Crippen LogP contribution is -2.27. The van der Waals surface area contributed by atoms with Crippen LogP contribution in [0.25, 0.3) is 0 Å². The Morgan fingerprint density at radius 3 is 2.41 bits per heavy atom. The first-order chi connectivity index (χ1) is 9.97. The van der Waals surface area contributed by atoms with Crippen LogP contribution in [-0.4, -0.2) is 39.6 Å². The molecule has 0 aliphatic carbocycles. The topological polar surface area (TPSA) is 161 Å². The largest absolute Gasteiger partial charge is 0.398 e. The molecule has 1 aliphatic heterocycles. The molecule has 11 heteroatoms. The van der Waals surface area contributed by atoms with Crippen LogP contribution in [0.1, 0.15) is 6.42 Å². The summed E-state index contributed by atoms with van der Waals surface area (Å²) in [5.74, 6) is -1.06. The average Bonchev–Trinajstić information content (AvgIpc) is 2.65. The lowest BCUT2D eigenvalue weighted by atomic mass is 10.1. The third-order valence-electron chi connectivity index (χ3n) is 3.26. The zero-order valence-electron chi connectivity index (χ0n) is 11.3. The van der Waals surface area contributed by atoms with Gasteiger partial charge in [-0.15, -0.1) is 0 Å². The first kappa shape index (κ1) is 16.7. The molecule has 0 spiro atoms. The van der Waals surface area contributed by atoms with E-state index in [1.54, 1.807) is 0 Å². The number of nitrogen functional groups attached to an aromatic ring is 1. The Balaban J connectivity index is 2.26. The molecular weight excluding hydrogens is 334 g/mol. The summed E-state index contributed by atoms with van der Waals surface area (Å²) in [5.41, 5.74) is 5.68. The quantitative estimate of drug-likeness (QED) is 0.471. The molecule has 122 valence electrons. The zero-order chi connectivity index (χ0) is 16.7. The smallest absolute Gasteiger partial charge is 0.296 e. The van der Waals surface area contributed by atoms with Crippen molar-refractivity contribution in [2.24, 2.45) is 11.1 Å². The number of hydrogen-bond acceptors (Lipinski definition) is 6. The summed E-state index contributed by atoms with van der Waals surface area (Å²) in [6.07, 6.45) is 0.0242. The lowest BCUT2D eigenvalue weighted by molar-refractivity contribution is -0.117. The van der Waals surface area contributed by atoms with E-state index in [1.165, 1.54) is 17.0 Å². The molecule has 1 aliphatic rings. The first-order valence-corrected chi connectivity index (χ1v) is 9.31. The Morgan fingerprint density at radius 1 is 1.27 bits per heavy atom. The van der Waals surface area contributed by atoms with Gasteiger partial charge in [-0.25, -0.2) is 13.6 Å². The summed E-state index contributed by atoms with van der Waals surface area (Å²) in [6, 6.07) is 3.64. The minimum atomic E-state index is -4.45. The maximum absolute atomic E-state index is 11.9. The van der Waals surface area contributed by atoms with Crippen LogP contribution in [-0.2, 0) is 24.9 Å². The second kappa shape index (κ2) is 5.50. The molecule has 1 atom stereocenters. The molecule has 1 unspecified atom stereocenters. The second-order valence-electron chi connectivity index (χ2n) is 5.10. The van der Waals surface area contributed by atoms with Gasteiger partial charge in [0.05, 0.1) is 11.4 Å². The normalized spacial score (nSPS) is 19.6. The van der Waals surface area contributed by atoms with Gasteiger partial charge in [0, 0.05) is 24.6 Å². The van der Waals surface area contributed by atoms with Crippen LogP contribution in [0.3, 0.4) is 0 Å². The Bertz CT molecular complexity index is 818. The molecule has 2 rings (SSSR count). The van der Waals surface area contributed by atoms with Gasteiger partial charge < -0.3 is 10.6 Å². The highest BCUT2D eigenvalue weighted by Gasteiger charge is 2.33. The number of primary sulfonamides is 1. The molecule has 0 saturated carbocycles. The van der Waals surface area contributed by atoms with Crippen LogP contribution >= 0.6 is 0 Å². The Morgan fingerprint density at radius 2 is 1.91 bits per heavy atom. The number of rotatable bonds is 4. The summed E-state index contributed by atoms with van der Waals surface area (Å²) in [5, 5.41) is 4.96. The number of anilines is 2. The van der Waals surface area contributed by atoms with Crippen LogP contribution in [0.15, 0.2) is 23.1 Å². The Kier molecular flexibility index (Phi) is 4.17. The number of hydrogen-bond donors (Lipinski definition) is 3. The monoisotopic (exact) mass is 349 g/mol. The predicted molar refractivity (Wildman–Crippen MR) is 79.1 cm³/mol. The number of carbonyl (C=O) groups is 1. The SMILES string of the molecule is Nc1cc(N2CC(CS(N)(=O)=O)CC2=O)ccc1S(=O)(=O)O. The van der Waals surface area contributed by atoms with Crippen molar-refractivity contribution >= 4 is 37.4 Å². The number of nitrogens with zero attached hydrogens (tertiary/aromatic N) is 1. The van der Waals surface area contributed by atoms with Gasteiger partial charge in [-0.1, -0.05) is 0 Å². The molecule has 1 aromatic rings. The van der Waals surface area contributed by atoms with Crippen molar-refractivity contribution in [2.45, 2.75) is 11.3 Å². The van der Waals surface area contributed by atoms with Crippen molar-refractivity contribution in [1.29, 1.82) is 0 Å². The summed E-state index contributed by atoms with van der Waals surface area (Å²) >= 11 is 0. The standard InChI is InChI=1S/C11H15N3O6S2/c12-9-4-8(1-2-10(9)22(18,19)20)14-5-7(3-11(14)15)6-21(13,16)17/h1-2,4,7H,3,5-6,12H2,(H2,13,16,17)(H,18,19,20). The first-order valence-electron chi connectivity index (χ1n) is 6.15. The fourth-order valence-corrected chi connectivity index (χ4v) is 3.89. The fourth-order valence-electron chi connectivity index (χ4n) is 2.41. The van der Waals surface area contributed by atoms with Crippen LogP contribution in [0.4, 0.5) is 11.4 Å². The van der Waals surface area contributed by atoms with E-state index in [0.29, 0.717) is 5.69 Å². The molecule has 0 bridgehead atoms. The molecular formula is C11H15N3O6S2. The van der Waals surface area contributed by atoms with Crippen LogP contribution < -0.4 is 15.8 Å². The number of carbonyl (C=O) groups excluding carboxylic acids is 1. The van der Waals surface area contributed by atoms with E-state index in [-0.39, 0.29) is 30.3 Å². The maximum Gasteiger partial charge on any atom is 0.296 e. The number of benzene rings is 1. The van der Waals surface area contributed by atoms with Crippen molar-refractivity contribution in [3.8, 4) is 0 Å². The highest BCUT2D eigenvalue weighted by Crippen LogP contribution is 2.29. The summed E-state index contributed by atoms with van der Waals surface area (Å²) in [6.45, 7) is 0.139. The molecule has 1 fully saturated rings. The van der Waals surface area contributed by atoms with Gasteiger partial charge in [-0.3, -0.25) is 9.35 Å². The Hall–Kier alpha value is -1.69. The van der Waals surface area contributed by atoms with Crippen molar-refractivity contribution in [3.63, 3.8) is 0 Å². The molecule has 1 amide bonds. The van der Waals surface area contributed by atoms with Gasteiger partial charge in [-0.05, 0) is 18.2 Å². The van der Waals surface area contributed by atoms with Gasteiger partial charge >= 0.3 is 0 Å². The van der Waals surface area contributed by atoms with Crippen LogP contribution in [0.5, 0.6) is 0 Å². The highest BCUT2D eigenvalue weighted by molar-refractivity contribution is 7.89. The number of nitrogens with two attached hydrogens (primary N) is 2. The van der Waals surface area contributed by atoms with Crippen molar-refractivity contribution in [2.75, 3.05) is 22.9 Å². The number of sulfonamides is 1. The van der Waals surface area contributed by atoms with E-state index >= 15 is 0 Å².